The molecule has 2 rings (SSSR count). The van der Waals surface area contributed by atoms with Crippen molar-refractivity contribution in [2.45, 2.75) is 64.4 Å². The summed E-state index contributed by atoms with van der Waals surface area (Å²) < 4.78 is 20.2. The first-order chi connectivity index (χ1) is 10.7. The van der Waals surface area contributed by atoms with E-state index in [4.69, 9.17) is 18.9 Å². The van der Waals surface area contributed by atoms with Crippen LogP contribution in [0.2, 0.25) is 0 Å². The Bertz CT molecular complexity index is 485. The number of likely N-dealkylation sites (tertiary alicyclic amines) is 1. The second-order valence-corrected chi connectivity index (χ2v) is 6.69. The topological polar surface area (TPSA) is 91.4 Å². The normalized spacial score (nSPS) is 27.4. The summed E-state index contributed by atoms with van der Waals surface area (Å²) >= 11 is 0. The quantitative estimate of drug-likeness (QED) is 0.576. The molecular formula is C15H23NO7. The molecule has 23 heavy (non-hydrogen) atoms. The van der Waals surface area contributed by atoms with Crippen LogP contribution in [0, 0.1) is 0 Å². The summed E-state index contributed by atoms with van der Waals surface area (Å²) in [5.41, 5.74) is -0.626. The molecule has 130 valence electrons. The van der Waals surface area contributed by atoms with Gasteiger partial charge in [0.15, 0.2) is 6.10 Å². The van der Waals surface area contributed by atoms with Gasteiger partial charge in [0.05, 0.1) is 0 Å². The first-order valence-electron chi connectivity index (χ1n) is 7.71. The predicted molar refractivity (Wildman–Crippen MR) is 77.7 cm³/mol. The van der Waals surface area contributed by atoms with Gasteiger partial charge < -0.3 is 18.9 Å². The molecule has 1 amide bonds. The first kappa shape index (κ1) is 17.4. The fraction of sp³-hybridized carbons (Fsp3) is 0.800. The van der Waals surface area contributed by atoms with Crippen LogP contribution in [0.25, 0.3) is 0 Å². The fourth-order valence-electron chi connectivity index (χ4n) is 2.46. The fourth-order valence-corrected chi connectivity index (χ4v) is 2.46. The molecule has 2 heterocycles. The van der Waals surface area contributed by atoms with E-state index in [2.05, 4.69) is 0 Å². The molecule has 2 saturated heterocycles. The molecular weight excluding hydrogens is 306 g/mol. The Morgan fingerprint density at radius 3 is 2.57 bits per heavy atom. The zero-order chi connectivity index (χ0) is 17.2. The van der Waals surface area contributed by atoms with Gasteiger partial charge in [-0.15, -0.1) is 0 Å². The van der Waals surface area contributed by atoms with Gasteiger partial charge in [-0.05, 0) is 40.5 Å². The molecule has 2 unspecified atom stereocenters. The molecule has 8 nitrogen and oxygen atoms in total. The zero-order valence-electron chi connectivity index (χ0n) is 13.9. The Morgan fingerprint density at radius 1 is 1.30 bits per heavy atom. The van der Waals surface area contributed by atoms with Gasteiger partial charge in [0.25, 0.3) is 0 Å². The second-order valence-electron chi connectivity index (χ2n) is 6.69. The van der Waals surface area contributed by atoms with Gasteiger partial charge in [0.2, 0.25) is 0 Å². The number of amides is 1. The van der Waals surface area contributed by atoms with Crippen LogP contribution in [0.15, 0.2) is 0 Å². The van der Waals surface area contributed by atoms with Crippen LogP contribution in [-0.4, -0.2) is 60.1 Å². The molecule has 3 atom stereocenters. The van der Waals surface area contributed by atoms with Crippen molar-refractivity contribution in [1.29, 1.82) is 0 Å². The molecule has 2 fully saturated rings. The summed E-state index contributed by atoms with van der Waals surface area (Å²) in [4.78, 5) is 36.7. The third kappa shape index (κ3) is 4.49. The minimum atomic E-state index is -0.769. The van der Waals surface area contributed by atoms with Gasteiger partial charge in [0, 0.05) is 6.54 Å². The highest BCUT2D eigenvalue weighted by molar-refractivity contribution is 5.82. The van der Waals surface area contributed by atoms with Crippen LogP contribution >= 0.6 is 0 Å². The minimum Gasteiger partial charge on any atom is -0.460 e. The van der Waals surface area contributed by atoms with E-state index in [1.807, 2.05) is 0 Å². The summed E-state index contributed by atoms with van der Waals surface area (Å²) in [7, 11) is 0. The van der Waals surface area contributed by atoms with E-state index in [1.165, 1.54) is 4.90 Å². The van der Waals surface area contributed by atoms with Crippen LogP contribution in [0.1, 0.15) is 40.5 Å². The molecule has 0 aliphatic carbocycles. The average molecular weight is 329 g/mol. The lowest BCUT2D eigenvalue weighted by molar-refractivity contribution is -0.151. The van der Waals surface area contributed by atoms with Crippen LogP contribution in [0.4, 0.5) is 9.59 Å². The van der Waals surface area contributed by atoms with Gasteiger partial charge in [-0.1, -0.05) is 0 Å². The van der Waals surface area contributed by atoms with E-state index in [0.717, 1.165) is 0 Å². The van der Waals surface area contributed by atoms with Gasteiger partial charge >= 0.3 is 18.2 Å². The maximum absolute atomic E-state index is 12.2. The number of rotatable bonds is 3. The van der Waals surface area contributed by atoms with Gasteiger partial charge in [-0.2, -0.15) is 0 Å². The number of esters is 1. The Balaban J connectivity index is 1.88. The summed E-state index contributed by atoms with van der Waals surface area (Å²) in [6.07, 6.45) is -1.16. The van der Waals surface area contributed by atoms with Gasteiger partial charge in [-0.3, -0.25) is 4.90 Å². The van der Waals surface area contributed by atoms with Crippen LogP contribution < -0.4 is 0 Å². The number of hydrogen-bond donors (Lipinski definition) is 0. The van der Waals surface area contributed by atoms with Crippen LogP contribution in [0.3, 0.4) is 0 Å². The van der Waals surface area contributed by atoms with Gasteiger partial charge in [0.1, 0.15) is 24.4 Å². The first-order valence-corrected chi connectivity index (χ1v) is 7.71. The number of cyclic esters (lactones) is 2. The maximum Gasteiger partial charge on any atom is 0.509 e. The minimum absolute atomic E-state index is 0.0929. The molecule has 8 heteroatoms. The van der Waals surface area contributed by atoms with Crippen molar-refractivity contribution in [3.8, 4) is 0 Å². The van der Waals surface area contributed by atoms with Crippen LogP contribution in [-0.2, 0) is 23.7 Å². The summed E-state index contributed by atoms with van der Waals surface area (Å²) in [6.45, 7) is 7.32. The highest BCUT2D eigenvalue weighted by Gasteiger charge is 2.39. The Labute approximate surface area is 135 Å². The molecule has 2 aliphatic rings. The predicted octanol–water partition coefficient (Wildman–Crippen LogP) is 1.85. The monoisotopic (exact) mass is 329 g/mol. The van der Waals surface area contributed by atoms with E-state index in [1.54, 1.807) is 27.7 Å². The summed E-state index contributed by atoms with van der Waals surface area (Å²) in [6, 6.07) is -0.668. The van der Waals surface area contributed by atoms with E-state index < -0.39 is 42.1 Å². The van der Waals surface area contributed by atoms with E-state index in [-0.39, 0.29) is 6.61 Å². The number of carbonyl (C=O) groups is 3. The van der Waals surface area contributed by atoms with Crippen LogP contribution in [0.5, 0.6) is 0 Å². The smallest absolute Gasteiger partial charge is 0.460 e. The van der Waals surface area contributed by atoms with E-state index >= 15 is 0 Å². The Morgan fingerprint density at radius 2 is 2.00 bits per heavy atom. The lowest BCUT2D eigenvalue weighted by Crippen LogP contribution is -2.44. The molecule has 0 spiro atoms. The number of nitrogens with zero attached hydrogens (tertiary/aromatic N) is 1. The van der Waals surface area contributed by atoms with Crippen molar-refractivity contribution in [3.63, 3.8) is 0 Å². The molecule has 0 N–H and O–H groups in total. The highest BCUT2D eigenvalue weighted by atomic mass is 16.8. The van der Waals surface area contributed by atoms with E-state index in [0.29, 0.717) is 19.4 Å². The summed E-state index contributed by atoms with van der Waals surface area (Å²) in [5, 5.41) is 0. The van der Waals surface area contributed by atoms with Crippen molar-refractivity contribution in [2.24, 2.45) is 0 Å². The number of hydrogen-bond acceptors (Lipinski definition) is 7. The van der Waals surface area contributed by atoms with E-state index in [9.17, 15) is 14.4 Å². The Kier molecular flexibility index (Phi) is 5.01. The Hall–Kier alpha value is -1.99. The summed E-state index contributed by atoms with van der Waals surface area (Å²) in [5.74, 6) is -0.525. The molecule has 0 saturated carbocycles. The number of carbonyl (C=O) groups excluding carboxylic acids is 3. The molecule has 2 aliphatic heterocycles. The standard InChI is InChI=1S/C15H23NO7/c1-9-11(22-14(19)21-9)8-20-12(17)10-6-5-7-16(10)13(18)23-15(2,3)4/h9-11H,5-8H2,1-4H3/t9?,10-,11?/m0/s1. The van der Waals surface area contributed by atoms with Crippen molar-refractivity contribution >= 4 is 18.2 Å². The molecule has 0 bridgehead atoms. The second kappa shape index (κ2) is 6.64. The molecule has 0 aromatic heterocycles. The average Bonchev–Trinajstić information content (AvgIpc) is 3.00. The van der Waals surface area contributed by atoms with Gasteiger partial charge in [-0.25, -0.2) is 14.4 Å². The number of ether oxygens (including phenoxy) is 4. The molecule has 0 aromatic rings. The van der Waals surface area contributed by atoms with Crippen molar-refractivity contribution in [2.75, 3.05) is 13.2 Å². The van der Waals surface area contributed by atoms with Crippen molar-refractivity contribution < 1.29 is 33.3 Å². The third-order valence-corrected chi connectivity index (χ3v) is 3.60. The lowest BCUT2D eigenvalue weighted by Gasteiger charge is -2.27. The largest absolute Gasteiger partial charge is 0.509 e. The highest BCUT2D eigenvalue weighted by Crippen LogP contribution is 2.22. The molecule has 0 radical (unpaired) electrons. The zero-order valence-corrected chi connectivity index (χ0v) is 13.9. The lowest BCUT2D eigenvalue weighted by atomic mass is 10.2. The van der Waals surface area contributed by atoms with Crippen molar-refractivity contribution in [3.05, 3.63) is 0 Å². The SMILES string of the molecule is CC1OC(=O)OC1COC(=O)[C@@H]1CCCN1C(=O)OC(C)(C)C. The molecule has 0 aromatic carbocycles. The maximum atomic E-state index is 12.2. The third-order valence-electron chi connectivity index (χ3n) is 3.60. The van der Waals surface area contributed by atoms with Crippen molar-refractivity contribution in [1.82, 2.24) is 4.90 Å².